The highest BCUT2D eigenvalue weighted by atomic mass is 32.2. The number of carbonyl (C=O) groups excluding carboxylic acids is 2. The van der Waals surface area contributed by atoms with Gasteiger partial charge in [-0.3, -0.25) is 4.79 Å². The third-order valence-corrected chi connectivity index (χ3v) is 9.46. The van der Waals surface area contributed by atoms with Crippen molar-refractivity contribution in [2.24, 2.45) is 5.92 Å². The van der Waals surface area contributed by atoms with Gasteiger partial charge in [-0.15, -0.1) is 0 Å². The lowest BCUT2D eigenvalue weighted by Gasteiger charge is -2.35. The number of benzene rings is 2. The first-order chi connectivity index (χ1) is 20.8. The highest BCUT2D eigenvalue weighted by Gasteiger charge is 2.32. The summed E-state index contributed by atoms with van der Waals surface area (Å²) in [5, 5.41) is 15.7. The van der Waals surface area contributed by atoms with Gasteiger partial charge in [-0.1, -0.05) is 25.1 Å². The molecule has 0 unspecified atom stereocenters. The Labute approximate surface area is 262 Å². The third-order valence-electron chi connectivity index (χ3n) is 7.62. The smallest absolute Gasteiger partial charge is 0.319 e. The maximum atomic E-state index is 14.2. The van der Waals surface area contributed by atoms with Gasteiger partial charge >= 0.3 is 6.03 Å². The van der Waals surface area contributed by atoms with E-state index in [0.717, 1.165) is 12.8 Å². The molecule has 2 aromatic carbocycles. The van der Waals surface area contributed by atoms with Crippen molar-refractivity contribution in [3.8, 4) is 5.75 Å². The third kappa shape index (κ3) is 9.65. The predicted molar refractivity (Wildman–Crippen MR) is 170 cm³/mol. The zero-order valence-electron chi connectivity index (χ0n) is 26.7. The van der Waals surface area contributed by atoms with Crippen LogP contribution in [-0.4, -0.2) is 92.3 Å². The molecular weight excluding hydrogens is 584 g/mol. The highest BCUT2D eigenvalue weighted by molar-refractivity contribution is 7.89. The number of amides is 3. The molecule has 3 rings (SSSR count). The first-order valence-corrected chi connectivity index (χ1v) is 16.7. The standard InChI is InChI=1S/C32H48N4O7S/c1-22(2)33-32(39)34-26-15-16-29-28(18-26)31(38)36(24(4)21-37)19-23(3)30(42-17-11-10-12-25(5)43-29)20-35(6)44(40,41)27-13-8-7-9-14-27/h7-9,13-16,18,22-25,30,37H,10-12,17,19-21H2,1-6H3,(H2,33,34,39)/t23-,24+,25-,30+/m0/s1. The highest BCUT2D eigenvalue weighted by Crippen LogP contribution is 2.29. The number of carbonyl (C=O) groups is 2. The zero-order chi connectivity index (χ0) is 32.4. The Hall–Kier alpha value is -3.19. The lowest BCUT2D eigenvalue weighted by molar-refractivity contribution is -0.00833. The molecule has 0 saturated carbocycles. The fourth-order valence-corrected chi connectivity index (χ4v) is 6.22. The minimum absolute atomic E-state index is 0.0719. The lowest BCUT2D eigenvalue weighted by Crippen LogP contribution is -2.48. The number of nitrogens with zero attached hydrogens (tertiary/aromatic N) is 2. The predicted octanol–water partition coefficient (Wildman–Crippen LogP) is 4.33. The molecule has 0 radical (unpaired) electrons. The Morgan fingerprint density at radius 1 is 1.11 bits per heavy atom. The van der Waals surface area contributed by atoms with Crippen molar-refractivity contribution >= 4 is 27.6 Å². The molecule has 2 aromatic rings. The van der Waals surface area contributed by atoms with Crippen LogP contribution in [0.3, 0.4) is 0 Å². The molecule has 4 atom stereocenters. The van der Waals surface area contributed by atoms with Crippen molar-refractivity contribution in [2.45, 2.75) is 83.1 Å². The second kappa shape index (κ2) is 16.2. The van der Waals surface area contributed by atoms with Gasteiger partial charge in [0.2, 0.25) is 10.0 Å². The number of likely N-dealkylation sites (N-methyl/N-ethyl adjacent to an activating group) is 1. The van der Waals surface area contributed by atoms with Crippen LogP contribution in [0.25, 0.3) is 0 Å². The maximum absolute atomic E-state index is 14.2. The number of hydrogen-bond donors (Lipinski definition) is 3. The van der Waals surface area contributed by atoms with E-state index in [4.69, 9.17) is 9.47 Å². The molecule has 0 spiro atoms. The van der Waals surface area contributed by atoms with Gasteiger partial charge in [0.25, 0.3) is 5.91 Å². The van der Waals surface area contributed by atoms with E-state index in [1.807, 2.05) is 27.7 Å². The summed E-state index contributed by atoms with van der Waals surface area (Å²) in [6, 6.07) is 12.2. The molecule has 44 heavy (non-hydrogen) atoms. The van der Waals surface area contributed by atoms with E-state index in [1.54, 1.807) is 60.4 Å². The van der Waals surface area contributed by atoms with Crippen LogP contribution in [0.5, 0.6) is 5.75 Å². The van der Waals surface area contributed by atoms with Gasteiger partial charge in [0.15, 0.2) is 0 Å². The lowest BCUT2D eigenvalue weighted by atomic mass is 10.0. The van der Waals surface area contributed by atoms with Crippen LogP contribution in [0.15, 0.2) is 53.4 Å². The normalized spacial score (nSPS) is 21.2. The van der Waals surface area contributed by atoms with Gasteiger partial charge in [-0.2, -0.15) is 4.31 Å². The van der Waals surface area contributed by atoms with Crippen molar-refractivity contribution in [3.63, 3.8) is 0 Å². The van der Waals surface area contributed by atoms with E-state index in [9.17, 15) is 23.1 Å². The molecule has 0 aliphatic carbocycles. The summed E-state index contributed by atoms with van der Waals surface area (Å²) in [5.41, 5.74) is 0.677. The van der Waals surface area contributed by atoms with Crippen molar-refractivity contribution in [2.75, 3.05) is 38.7 Å². The minimum Gasteiger partial charge on any atom is -0.490 e. The summed E-state index contributed by atoms with van der Waals surface area (Å²) < 4.78 is 40.4. The fourth-order valence-electron chi connectivity index (χ4n) is 5.02. The van der Waals surface area contributed by atoms with E-state index >= 15 is 0 Å². The van der Waals surface area contributed by atoms with Crippen molar-refractivity contribution < 1.29 is 32.6 Å². The van der Waals surface area contributed by atoms with E-state index < -0.39 is 28.2 Å². The number of aliphatic hydroxyl groups is 1. The fraction of sp³-hybridized carbons (Fsp3) is 0.562. The Bertz CT molecular complexity index is 1340. The number of sulfonamides is 1. The molecule has 3 amide bonds. The second-order valence-corrected chi connectivity index (χ2v) is 13.9. The summed E-state index contributed by atoms with van der Waals surface area (Å²) in [6.07, 6.45) is 1.55. The number of ether oxygens (including phenoxy) is 2. The number of nitrogens with one attached hydrogen (secondary N) is 2. The molecule has 1 heterocycles. The average Bonchev–Trinajstić information content (AvgIpc) is 2.98. The van der Waals surface area contributed by atoms with Crippen molar-refractivity contribution in [1.82, 2.24) is 14.5 Å². The van der Waals surface area contributed by atoms with Gasteiger partial charge in [-0.25, -0.2) is 13.2 Å². The molecule has 0 fully saturated rings. The Kier molecular flexibility index (Phi) is 13.0. The van der Waals surface area contributed by atoms with Gasteiger partial charge in [0, 0.05) is 44.4 Å². The molecular formula is C32H48N4O7S. The molecule has 3 N–H and O–H groups in total. The molecule has 244 valence electrons. The minimum atomic E-state index is -3.76. The van der Waals surface area contributed by atoms with Crippen molar-refractivity contribution in [3.05, 3.63) is 54.1 Å². The first kappa shape index (κ1) is 35.3. The Balaban J connectivity index is 1.96. The molecule has 1 aliphatic rings. The number of hydrogen-bond acceptors (Lipinski definition) is 7. The number of fused-ring (bicyclic) bond motifs is 1. The molecule has 12 heteroatoms. The van der Waals surface area contributed by atoms with Crippen LogP contribution >= 0.6 is 0 Å². The van der Waals surface area contributed by atoms with Gasteiger partial charge in [-0.05, 0) is 77.3 Å². The van der Waals surface area contributed by atoms with E-state index in [0.29, 0.717) is 24.5 Å². The van der Waals surface area contributed by atoms with Crippen LogP contribution in [0, 0.1) is 5.92 Å². The van der Waals surface area contributed by atoms with Crippen LogP contribution in [-0.2, 0) is 14.8 Å². The number of anilines is 1. The Morgan fingerprint density at radius 3 is 2.48 bits per heavy atom. The summed E-state index contributed by atoms with van der Waals surface area (Å²) in [7, 11) is -2.23. The zero-order valence-corrected chi connectivity index (χ0v) is 27.5. The summed E-state index contributed by atoms with van der Waals surface area (Å²) in [6.45, 7) is 9.71. The first-order valence-electron chi connectivity index (χ1n) is 15.3. The van der Waals surface area contributed by atoms with Gasteiger partial charge in [0.1, 0.15) is 5.75 Å². The molecule has 0 bridgehead atoms. The summed E-state index contributed by atoms with van der Waals surface area (Å²) in [4.78, 5) is 28.4. The maximum Gasteiger partial charge on any atom is 0.319 e. The monoisotopic (exact) mass is 632 g/mol. The summed E-state index contributed by atoms with van der Waals surface area (Å²) >= 11 is 0. The van der Waals surface area contributed by atoms with Crippen LogP contribution in [0.1, 0.15) is 64.2 Å². The molecule has 11 nitrogen and oxygen atoms in total. The molecule has 1 aliphatic heterocycles. The summed E-state index contributed by atoms with van der Waals surface area (Å²) in [5.74, 6) is -0.293. The van der Waals surface area contributed by atoms with Crippen molar-refractivity contribution in [1.29, 1.82) is 0 Å². The Morgan fingerprint density at radius 2 is 1.82 bits per heavy atom. The van der Waals surface area contributed by atoms with Crippen LogP contribution in [0.4, 0.5) is 10.5 Å². The van der Waals surface area contributed by atoms with Gasteiger partial charge in [0.05, 0.1) is 35.3 Å². The quantitative estimate of drug-likeness (QED) is 0.394. The molecule has 0 saturated heterocycles. The second-order valence-electron chi connectivity index (χ2n) is 11.9. The number of rotatable bonds is 8. The molecule has 0 aromatic heterocycles. The average molecular weight is 633 g/mol. The van der Waals surface area contributed by atoms with Crippen LogP contribution in [0.2, 0.25) is 0 Å². The van der Waals surface area contributed by atoms with Crippen LogP contribution < -0.4 is 15.4 Å². The topological polar surface area (TPSA) is 138 Å². The largest absolute Gasteiger partial charge is 0.490 e. The number of urea groups is 1. The van der Waals surface area contributed by atoms with E-state index in [-0.39, 0.29) is 54.1 Å². The van der Waals surface area contributed by atoms with E-state index in [2.05, 4.69) is 10.6 Å². The van der Waals surface area contributed by atoms with E-state index in [1.165, 1.54) is 11.4 Å². The SMILES string of the molecule is CC(C)NC(=O)Nc1ccc2c(c1)C(=O)N([C@H](C)CO)C[C@H](C)[C@@H](CN(C)S(=O)(=O)c1ccccc1)OCCCC[C@H](C)O2. The van der Waals surface area contributed by atoms with Gasteiger partial charge < -0.3 is 30.1 Å². The number of aliphatic hydroxyl groups excluding tert-OH is 1.